The van der Waals surface area contributed by atoms with Gasteiger partial charge < -0.3 is 24.6 Å². The Kier molecular flexibility index (Phi) is 10.3. The maximum absolute atomic E-state index is 9.70. The Labute approximate surface area is 116 Å². The van der Waals surface area contributed by atoms with E-state index in [4.69, 9.17) is 14.2 Å². The highest BCUT2D eigenvalue weighted by Gasteiger charge is 2.15. The van der Waals surface area contributed by atoms with Crippen LogP contribution in [0.1, 0.15) is 26.2 Å². The number of ether oxygens (including phenoxy) is 3. The molecule has 1 aliphatic heterocycles. The summed E-state index contributed by atoms with van der Waals surface area (Å²) in [5, 5.41) is 13.0. The first-order valence-electron chi connectivity index (χ1n) is 7.45. The lowest BCUT2D eigenvalue weighted by molar-refractivity contribution is 0.00371. The molecule has 0 aromatic heterocycles. The molecule has 0 bridgehead atoms. The molecule has 1 aliphatic rings. The third-order valence-electron chi connectivity index (χ3n) is 3.16. The molecule has 5 nitrogen and oxygen atoms in total. The predicted octanol–water partition coefficient (Wildman–Crippen LogP) is 0.807. The van der Waals surface area contributed by atoms with Gasteiger partial charge in [-0.2, -0.15) is 0 Å². The lowest BCUT2D eigenvalue weighted by Crippen LogP contribution is -2.34. The molecule has 0 aromatic carbocycles. The second kappa shape index (κ2) is 11.6. The quantitative estimate of drug-likeness (QED) is 0.516. The lowest BCUT2D eigenvalue weighted by atomic mass is 10.1. The van der Waals surface area contributed by atoms with Crippen molar-refractivity contribution >= 4 is 0 Å². The van der Waals surface area contributed by atoms with Gasteiger partial charge >= 0.3 is 0 Å². The third kappa shape index (κ3) is 9.35. The van der Waals surface area contributed by atoms with Gasteiger partial charge in [-0.25, -0.2) is 0 Å². The Balaban J connectivity index is 1.80. The summed E-state index contributed by atoms with van der Waals surface area (Å²) >= 11 is 0. The second-order valence-electron chi connectivity index (χ2n) is 5.08. The molecule has 1 fully saturated rings. The van der Waals surface area contributed by atoms with Crippen molar-refractivity contribution in [2.45, 2.75) is 32.3 Å². The number of aliphatic hydroxyl groups excluding tert-OH is 1. The van der Waals surface area contributed by atoms with Crippen molar-refractivity contribution in [2.24, 2.45) is 5.92 Å². The summed E-state index contributed by atoms with van der Waals surface area (Å²) in [6, 6.07) is 0. The first-order valence-corrected chi connectivity index (χ1v) is 7.45. The van der Waals surface area contributed by atoms with Crippen molar-refractivity contribution in [1.29, 1.82) is 0 Å². The number of unbranched alkanes of at least 4 members (excludes halogenated alkanes) is 1. The molecule has 19 heavy (non-hydrogen) atoms. The van der Waals surface area contributed by atoms with Crippen LogP contribution < -0.4 is 5.32 Å². The molecule has 114 valence electrons. The van der Waals surface area contributed by atoms with Crippen molar-refractivity contribution in [3.8, 4) is 0 Å². The average Bonchev–Trinajstić information content (AvgIpc) is 2.91. The Bertz CT molecular complexity index is 198. The van der Waals surface area contributed by atoms with Gasteiger partial charge in [-0.3, -0.25) is 0 Å². The molecule has 0 aromatic rings. The molecule has 0 saturated carbocycles. The molecule has 0 radical (unpaired) electrons. The van der Waals surface area contributed by atoms with Crippen molar-refractivity contribution < 1.29 is 19.3 Å². The lowest BCUT2D eigenvalue weighted by Gasteiger charge is -2.14. The van der Waals surface area contributed by atoms with Gasteiger partial charge in [-0.15, -0.1) is 0 Å². The summed E-state index contributed by atoms with van der Waals surface area (Å²) < 4.78 is 16.0. The molecule has 1 rings (SSSR count). The van der Waals surface area contributed by atoms with E-state index < -0.39 is 6.10 Å². The predicted molar refractivity (Wildman–Crippen MR) is 74.3 cm³/mol. The van der Waals surface area contributed by atoms with E-state index in [0.29, 0.717) is 32.3 Å². The molecule has 5 heteroatoms. The van der Waals surface area contributed by atoms with Crippen LogP contribution in [0, 0.1) is 5.92 Å². The minimum absolute atomic E-state index is 0.366. The van der Waals surface area contributed by atoms with Gasteiger partial charge in [0, 0.05) is 26.3 Å². The maximum Gasteiger partial charge on any atom is 0.0897 e. The topological polar surface area (TPSA) is 60.0 Å². The van der Waals surface area contributed by atoms with Crippen LogP contribution in [0.25, 0.3) is 0 Å². The fraction of sp³-hybridized carbons (Fsp3) is 1.00. The Morgan fingerprint density at radius 1 is 1.32 bits per heavy atom. The molecule has 0 amide bonds. The van der Waals surface area contributed by atoms with Crippen LogP contribution >= 0.6 is 0 Å². The highest BCUT2D eigenvalue weighted by atomic mass is 16.5. The van der Waals surface area contributed by atoms with Gasteiger partial charge in [0.2, 0.25) is 0 Å². The van der Waals surface area contributed by atoms with Gasteiger partial charge in [0.05, 0.1) is 32.5 Å². The molecular weight excluding hydrogens is 246 g/mol. The van der Waals surface area contributed by atoms with E-state index in [0.717, 1.165) is 45.6 Å². The zero-order valence-electron chi connectivity index (χ0n) is 12.1. The summed E-state index contributed by atoms with van der Waals surface area (Å²) in [6.45, 7) is 7.67. The number of hydrogen-bond acceptors (Lipinski definition) is 5. The molecule has 0 aliphatic carbocycles. The van der Waals surface area contributed by atoms with Crippen molar-refractivity contribution in [3.05, 3.63) is 0 Å². The van der Waals surface area contributed by atoms with Gasteiger partial charge in [-0.05, 0) is 18.8 Å². The highest BCUT2D eigenvalue weighted by molar-refractivity contribution is 4.68. The number of rotatable bonds is 12. The van der Waals surface area contributed by atoms with Crippen LogP contribution in [0.15, 0.2) is 0 Å². The summed E-state index contributed by atoms with van der Waals surface area (Å²) in [4.78, 5) is 0. The van der Waals surface area contributed by atoms with E-state index >= 15 is 0 Å². The highest BCUT2D eigenvalue weighted by Crippen LogP contribution is 2.10. The Morgan fingerprint density at radius 2 is 2.16 bits per heavy atom. The van der Waals surface area contributed by atoms with E-state index in [1.54, 1.807) is 0 Å². The molecule has 2 N–H and O–H groups in total. The van der Waals surface area contributed by atoms with Crippen LogP contribution in [-0.4, -0.2) is 63.9 Å². The largest absolute Gasteiger partial charge is 0.389 e. The minimum Gasteiger partial charge on any atom is -0.389 e. The summed E-state index contributed by atoms with van der Waals surface area (Å²) in [5.41, 5.74) is 0. The molecule has 2 unspecified atom stereocenters. The van der Waals surface area contributed by atoms with Crippen LogP contribution in [0.4, 0.5) is 0 Å². The number of aliphatic hydroxyl groups is 1. The van der Waals surface area contributed by atoms with Gasteiger partial charge in [0.1, 0.15) is 0 Å². The monoisotopic (exact) mass is 275 g/mol. The first-order chi connectivity index (χ1) is 9.33. The van der Waals surface area contributed by atoms with Crippen molar-refractivity contribution in [2.75, 3.05) is 52.7 Å². The minimum atomic E-state index is -0.446. The van der Waals surface area contributed by atoms with E-state index in [1.165, 1.54) is 0 Å². The Morgan fingerprint density at radius 3 is 2.89 bits per heavy atom. The third-order valence-corrected chi connectivity index (χ3v) is 3.16. The van der Waals surface area contributed by atoms with E-state index in [9.17, 15) is 5.11 Å². The Hall–Kier alpha value is -0.200. The van der Waals surface area contributed by atoms with Crippen LogP contribution in [0.3, 0.4) is 0 Å². The molecule has 1 saturated heterocycles. The molecule has 0 spiro atoms. The first kappa shape index (κ1) is 16.9. The fourth-order valence-corrected chi connectivity index (χ4v) is 1.94. The maximum atomic E-state index is 9.70. The van der Waals surface area contributed by atoms with Crippen molar-refractivity contribution in [1.82, 2.24) is 5.32 Å². The summed E-state index contributed by atoms with van der Waals surface area (Å²) in [6.07, 6.45) is 2.92. The smallest absolute Gasteiger partial charge is 0.0897 e. The zero-order chi connectivity index (χ0) is 13.8. The average molecular weight is 275 g/mol. The van der Waals surface area contributed by atoms with Gasteiger partial charge in [0.25, 0.3) is 0 Å². The molecule has 2 atom stereocenters. The van der Waals surface area contributed by atoms with E-state index in [2.05, 4.69) is 12.2 Å². The van der Waals surface area contributed by atoms with Gasteiger partial charge in [-0.1, -0.05) is 13.3 Å². The molecular formula is C14H29NO4. The summed E-state index contributed by atoms with van der Waals surface area (Å²) in [7, 11) is 0. The van der Waals surface area contributed by atoms with Crippen LogP contribution in [0.5, 0.6) is 0 Å². The van der Waals surface area contributed by atoms with E-state index in [1.807, 2.05) is 0 Å². The zero-order valence-corrected chi connectivity index (χ0v) is 12.1. The number of nitrogens with one attached hydrogen (secondary N) is 1. The normalized spacial score (nSPS) is 20.8. The van der Waals surface area contributed by atoms with Gasteiger partial charge in [0.15, 0.2) is 0 Å². The fourth-order valence-electron chi connectivity index (χ4n) is 1.94. The van der Waals surface area contributed by atoms with Crippen molar-refractivity contribution in [3.63, 3.8) is 0 Å². The molecule has 1 heterocycles. The van der Waals surface area contributed by atoms with Crippen LogP contribution in [0.2, 0.25) is 0 Å². The standard InChI is InChI=1S/C14H29NO4/c1-2-3-5-17-7-8-19-12-14(16)10-15-9-13-4-6-18-11-13/h13-16H,2-12H2,1H3. The number of hydrogen-bond donors (Lipinski definition) is 2. The van der Waals surface area contributed by atoms with Crippen LogP contribution in [-0.2, 0) is 14.2 Å². The second-order valence-corrected chi connectivity index (χ2v) is 5.08. The summed E-state index contributed by atoms with van der Waals surface area (Å²) in [5.74, 6) is 0.597. The SMILES string of the molecule is CCCCOCCOCC(O)CNCC1CCOC1. The van der Waals surface area contributed by atoms with E-state index in [-0.39, 0.29) is 0 Å².